The molecule has 0 heterocycles. The highest BCUT2D eigenvalue weighted by atomic mass is 16.1. The third kappa shape index (κ3) is 1.01. The number of hydrogen-bond acceptors (Lipinski definition) is 2. The monoisotopic (exact) mass is 152 g/mol. The highest BCUT2D eigenvalue weighted by Gasteiger charge is 2.42. The normalized spacial score (nSPS) is 42.5. The lowest BCUT2D eigenvalue weighted by molar-refractivity contribution is -0.118. The second kappa shape index (κ2) is 2.43. The van der Waals surface area contributed by atoms with Crippen molar-refractivity contribution in [2.24, 2.45) is 17.8 Å². The molecule has 2 fully saturated rings. The van der Waals surface area contributed by atoms with Crippen LogP contribution >= 0.6 is 0 Å². The van der Waals surface area contributed by atoms with Crippen molar-refractivity contribution in [2.45, 2.75) is 25.7 Å². The van der Waals surface area contributed by atoms with Crippen molar-refractivity contribution in [3.63, 3.8) is 0 Å². The predicted octanol–water partition coefficient (Wildman–Crippen LogP) is 1.19. The van der Waals surface area contributed by atoms with Crippen LogP contribution in [0.15, 0.2) is 0 Å². The van der Waals surface area contributed by atoms with Crippen molar-refractivity contribution < 1.29 is 9.59 Å². The predicted molar refractivity (Wildman–Crippen MR) is 40.0 cm³/mol. The Hall–Kier alpha value is -0.660. The van der Waals surface area contributed by atoms with E-state index in [1.165, 1.54) is 0 Å². The Kier molecular flexibility index (Phi) is 1.55. The highest BCUT2D eigenvalue weighted by molar-refractivity contribution is 5.82. The van der Waals surface area contributed by atoms with E-state index >= 15 is 0 Å². The first-order valence-electron chi connectivity index (χ1n) is 4.28. The van der Waals surface area contributed by atoms with E-state index < -0.39 is 0 Å². The Balaban J connectivity index is 2.12. The van der Waals surface area contributed by atoms with Gasteiger partial charge in [0, 0.05) is 18.8 Å². The molecule has 0 aliphatic heterocycles. The van der Waals surface area contributed by atoms with E-state index in [-0.39, 0.29) is 5.92 Å². The average Bonchev–Trinajstić information content (AvgIpc) is 2.45. The zero-order chi connectivity index (χ0) is 7.84. The lowest BCUT2D eigenvalue weighted by atomic mass is 9.93. The van der Waals surface area contributed by atoms with Gasteiger partial charge in [-0.1, -0.05) is 0 Å². The van der Waals surface area contributed by atoms with Gasteiger partial charge in [0.1, 0.15) is 12.1 Å². The standard InChI is InChI=1S/C9H12O2/c10-5-7-2-1-6-3-8(11)4-9(6)7/h5-7,9H,1-4H2/t6-,7+,9-/m0/s1. The van der Waals surface area contributed by atoms with Crippen LogP contribution in [-0.2, 0) is 9.59 Å². The van der Waals surface area contributed by atoms with Crippen molar-refractivity contribution in [1.82, 2.24) is 0 Å². The van der Waals surface area contributed by atoms with Gasteiger partial charge in [-0.3, -0.25) is 4.79 Å². The summed E-state index contributed by atoms with van der Waals surface area (Å²) in [6.45, 7) is 0. The summed E-state index contributed by atoms with van der Waals surface area (Å²) in [6.07, 6.45) is 4.58. The van der Waals surface area contributed by atoms with Crippen LogP contribution in [0.1, 0.15) is 25.7 Å². The Labute approximate surface area is 66.0 Å². The molecule has 0 spiro atoms. The number of carbonyl (C=O) groups is 2. The minimum Gasteiger partial charge on any atom is -0.303 e. The van der Waals surface area contributed by atoms with Crippen molar-refractivity contribution in [3.8, 4) is 0 Å². The summed E-state index contributed by atoms with van der Waals surface area (Å²) in [5.74, 6) is 1.54. The smallest absolute Gasteiger partial charge is 0.133 e. The molecule has 2 saturated carbocycles. The number of aldehydes is 1. The van der Waals surface area contributed by atoms with Crippen LogP contribution in [0, 0.1) is 17.8 Å². The topological polar surface area (TPSA) is 34.1 Å². The van der Waals surface area contributed by atoms with Crippen molar-refractivity contribution in [2.75, 3.05) is 0 Å². The van der Waals surface area contributed by atoms with Gasteiger partial charge < -0.3 is 4.79 Å². The molecule has 60 valence electrons. The molecule has 0 radical (unpaired) electrons. The van der Waals surface area contributed by atoms with E-state index in [2.05, 4.69) is 0 Å². The van der Waals surface area contributed by atoms with E-state index in [0.29, 0.717) is 24.0 Å². The Morgan fingerprint density at radius 1 is 1.27 bits per heavy atom. The van der Waals surface area contributed by atoms with Crippen LogP contribution in [0.5, 0.6) is 0 Å². The summed E-state index contributed by atoms with van der Waals surface area (Å²) in [5.41, 5.74) is 0. The fraction of sp³-hybridized carbons (Fsp3) is 0.778. The van der Waals surface area contributed by atoms with Crippen LogP contribution < -0.4 is 0 Å². The number of hydrogen-bond donors (Lipinski definition) is 0. The summed E-state index contributed by atoms with van der Waals surface area (Å²) in [4.78, 5) is 21.5. The zero-order valence-electron chi connectivity index (χ0n) is 6.45. The van der Waals surface area contributed by atoms with Gasteiger partial charge in [-0.05, 0) is 24.7 Å². The van der Waals surface area contributed by atoms with Crippen molar-refractivity contribution in [3.05, 3.63) is 0 Å². The number of carbonyl (C=O) groups excluding carboxylic acids is 2. The summed E-state index contributed by atoms with van der Waals surface area (Å²) < 4.78 is 0. The zero-order valence-corrected chi connectivity index (χ0v) is 6.45. The Morgan fingerprint density at radius 2 is 2.09 bits per heavy atom. The van der Waals surface area contributed by atoms with Crippen LogP contribution in [0.2, 0.25) is 0 Å². The SMILES string of the molecule is O=C[C@H]1CC[C@H]2CC(=O)C[C@@H]21. The van der Waals surface area contributed by atoms with Crippen LogP contribution in [0.3, 0.4) is 0 Å². The summed E-state index contributed by atoms with van der Waals surface area (Å²) >= 11 is 0. The molecule has 3 atom stereocenters. The maximum atomic E-state index is 11.0. The summed E-state index contributed by atoms with van der Waals surface area (Å²) in [5, 5.41) is 0. The molecular formula is C9H12O2. The fourth-order valence-electron chi connectivity index (χ4n) is 2.56. The first-order chi connectivity index (χ1) is 5.31. The van der Waals surface area contributed by atoms with Crippen LogP contribution in [0.25, 0.3) is 0 Å². The van der Waals surface area contributed by atoms with Gasteiger partial charge in [0.2, 0.25) is 0 Å². The Bertz CT molecular complexity index is 198. The lowest BCUT2D eigenvalue weighted by Gasteiger charge is -2.09. The molecule has 11 heavy (non-hydrogen) atoms. The minimum atomic E-state index is 0.200. The molecule has 2 nitrogen and oxygen atoms in total. The number of Topliss-reactive ketones (excluding diaryl/α,β-unsaturated/α-hetero) is 1. The molecular weight excluding hydrogens is 140 g/mol. The number of rotatable bonds is 1. The summed E-state index contributed by atoms with van der Waals surface area (Å²) in [6, 6.07) is 0. The third-order valence-electron chi connectivity index (χ3n) is 3.15. The second-order valence-electron chi connectivity index (χ2n) is 3.75. The van der Waals surface area contributed by atoms with Crippen LogP contribution in [0.4, 0.5) is 0 Å². The molecule has 2 aliphatic carbocycles. The fourth-order valence-corrected chi connectivity index (χ4v) is 2.56. The molecule has 2 heteroatoms. The lowest BCUT2D eigenvalue weighted by Crippen LogP contribution is -2.10. The molecule has 0 saturated heterocycles. The molecule has 0 bridgehead atoms. The van der Waals surface area contributed by atoms with Gasteiger partial charge in [0.25, 0.3) is 0 Å². The molecule has 0 amide bonds. The number of ketones is 1. The van der Waals surface area contributed by atoms with Crippen molar-refractivity contribution in [1.29, 1.82) is 0 Å². The van der Waals surface area contributed by atoms with Gasteiger partial charge in [0.15, 0.2) is 0 Å². The maximum Gasteiger partial charge on any atom is 0.133 e. The molecule has 0 aromatic carbocycles. The highest BCUT2D eigenvalue weighted by Crippen LogP contribution is 2.45. The third-order valence-corrected chi connectivity index (χ3v) is 3.15. The first kappa shape index (κ1) is 7.01. The molecule has 2 rings (SSSR count). The molecule has 0 N–H and O–H groups in total. The van der Waals surface area contributed by atoms with Crippen molar-refractivity contribution >= 4 is 12.1 Å². The Morgan fingerprint density at radius 3 is 2.82 bits per heavy atom. The molecule has 0 aromatic rings. The van der Waals surface area contributed by atoms with E-state index in [0.717, 1.165) is 25.5 Å². The van der Waals surface area contributed by atoms with Gasteiger partial charge in [-0.2, -0.15) is 0 Å². The maximum absolute atomic E-state index is 11.0. The van der Waals surface area contributed by atoms with Gasteiger partial charge in [-0.25, -0.2) is 0 Å². The van der Waals surface area contributed by atoms with E-state index in [4.69, 9.17) is 0 Å². The van der Waals surface area contributed by atoms with Gasteiger partial charge >= 0.3 is 0 Å². The minimum absolute atomic E-state index is 0.200. The summed E-state index contributed by atoms with van der Waals surface area (Å²) in [7, 11) is 0. The van der Waals surface area contributed by atoms with E-state index in [9.17, 15) is 9.59 Å². The second-order valence-corrected chi connectivity index (χ2v) is 3.75. The first-order valence-corrected chi connectivity index (χ1v) is 4.28. The van der Waals surface area contributed by atoms with Gasteiger partial charge in [-0.15, -0.1) is 0 Å². The molecule has 0 aromatic heterocycles. The quantitative estimate of drug-likeness (QED) is 0.529. The molecule has 0 unspecified atom stereocenters. The number of fused-ring (bicyclic) bond motifs is 1. The average molecular weight is 152 g/mol. The van der Waals surface area contributed by atoms with Gasteiger partial charge in [0.05, 0.1) is 0 Å². The molecule has 2 aliphatic rings. The largest absolute Gasteiger partial charge is 0.303 e. The van der Waals surface area contributed by atoms with E-state index in [1.54, 1.807) is 0 Å². The van der Waals surface area contributed by atoms with E-state index in [1.807, 2.05) is 0 Å². The van der Waals surface area contributed by atoms with Crippen LogP contribution in [-0.4, -0.2) is 12.1 Å².